The highest BCUT2D eigenvalue weighted by Crippen LogP contribution is 2.28. The lowest BCUT2D eigenvalue weighted by molar-refractivity contribution is -0.148. The number of esters is 1. The van der Waals surface area contributed by atoms with E-state index in [9.17, 15) is 4.79 Å². The van der Waals surface area contributed by atoms with Crippen molar-refractivity contribution in [3.63, 3.8) is 0 Å². The number of hydrogen-bond acceptors (Lipinski definition) is 5. The van der Waals surface area contributed by atoms with Gasteiger partial charge in [-0.3, -0.25) is 4.79 Å². The molecule has 21 heavy (non-hydrogen) atoms. The number of aryl methyl sites for hydroxylation is 1. The van der Waals surface area contributed by atoms with Crippen molar-refractivity contribution in [1.29, 1.82) is 0 Å². The molecule has 6 nitrogen and oxygen atoms in total. The Labute approximate surface area is 123 Å². The molecule has 2 aromatic heterocycles. The van der Waals surface area contributed by atoms with Crippen molar-refractivity contribution in [1.82, 2.24) is 15.0 Å². The first-order valence-corrected chi connectivity index (χ1v) is 7.41. The number of carbonyl (C=O) groups excluding carboxylic acids is 1. The highest BCUT2D eigenvalue weighted by atomic mass is 16.5. The molecule has 1 fully saturated rings. The fourth-order valence-electron chi connectivity index (χ4n) is 2.93. The van der Waals surface area contributed by atoms with Crippen LogP contribution in [0.5, 0.6) is 0 Å². The zero-order chi connectivity index (χ0) is 14.8. The first-order chi connectivity index (χ1) is 10.2. The van der Waals surface area contributed by atoms with Crippen molar-refractivity contribution in [2.45, 2.75) is 26.7 Å². The number of H-pyrrole nitrogens is 1. The molecule has 1 saturated heterocycles. The number of hydrogen-bond donors (Lipinski definition) is 1. The van der Waals surface area contributed by atoms with E-state index in [1.165, 1.54) is 0 Å². The third kappa shape index (κ3) is 2.70. The van der Waals surface area contributed by atoms with Gasteiger partial charge in [-0.1, -0.05) is 0 Å². The predicted molar refractivity (Wildman–Crippen MR) is 80.2 cm³/mol. The number of ether oxygens (including phenoxy) is 1. The van der Waals surface area contributed by atoms with Crippen LogP contribution in [0, 0.1) is 12.8 Å². The van der Waals surface area contributed by atoms with Crippen LogP contribution in [-0.4, -0.2) is 40.6 Å². The molecule has 3 heterocycles. The van der Waals surface area contributed by atoms with E-state index in [-0.39, 0.29) is 11.9 Å². The summed E-state index contributed by atoms with van der Waals surface area (Å²) >= 11 is 0. The number of fused-ring (bicyclic) bond motifs is 1. The van der Waals surface area contributed by atoms with Crippen LogP contribution in [0.2, 0.25) is 0 Å². The van der Waals surface area contributed by atoms with Crippen LogP contribution >= 0.6 is 0 Å². The Morgan fingerprint density at radius 3 is 3.19 bits per heavy atom. The minimum Gasteiger partial charge on any atom is -0.466 e. The summed E-state index contributed by atoms with van der Waals surface area (Å²) in [5, 5.41) is 1.01. The first-order valence-electron chi connectivity index (χ1n) is 7.41. The number of aromatic amines is 1. The quantitative estimate of drug-likeness (QED) is 0.875. The van der Waals surface area contributed by atoms with Crippen molar-refractivity contribution in [3.8, 4) is 0 Å². The Kier molecular flexibility index (Phi) is 3.77. The normalized spacial score (nSPS) is 19.0. The minimum absolute atomic E-state index is 0.0660. The summed E-state index contributed by atoms with van der Waals surface area (Å²) in [6.07, 6.45) is 3.43. The van der Waals surface area contributed by atoms with Gasteiger partial charge in [0.1, 0.15) is 17.8 Å². The summed E-state index contributed by atoms with van der Waals surface area (Å²) < 4.78 is 5.15. The summed E-state index contributed by atoms with van der Waals surface area (Å²) in [5.74, 6) is 0.736. The third-order valence-electron chi connectivity index (χ3n) is 3.88. The SMILES string of the molecule is CCOC(=O)C1CCCN(c2ncnc3[nH]c(C)cc23)C1. The molecule has 0 spiro atoms. The van der Waals surface area contributed by atoms with Crippen LogP contribution < -0.4 is 4.90 Å². The molecule has 1 unspecified atom stereocenters. The number of piperidine rings is 1. The highest BCUT2D eigenvalue weighted by molar-refractivity contribution is 5.88. The Hall–Kier alpha value is -2.11. The van der Waals surface area contributed by atoms with Gasteiger partial charge in [0.15, 0.2) is 0 Å². The minimum atomic E-state index is -0.0993. The molecule has 0 aliphatic carbocycles. The van der Waals surface area contributed by atoms with E-state index in [0.29, 0.717) is 13.2 Å². The maximum absolute atomic E-state index is 12.0. The van der Waals surface area contributed by atoms with E-state index >= 15 is 0 Å². The van der Waals surface area contributed by atoms with Gasteiger partial charge in [0, 0.05) is 18.8 Å². The molecule has 6 heteroatoms. The summed E-state index contributed by atoms with van der Waals surface area (Å²) in [5.41, 5.74) is 1.90. The average molecular weight is 288 g/mol. The molecule has 3 rings (SSSR count). The van der Waals surface area contributed by atoms with Gasteiger partial charge in [0.25, 0.3) is 0 Å². The van der Waals surface area contributed by atoms with Crippen LogP contribution in [0.1, 0.15) is 25.5 Å². The van der Waals surface area contributed by atoms with E-state index in [1.54, 1.807) is 6.33 Å². The summed E-state index contributed by atoms with van der Waals surface area (Å²) in [6, 6.07) is 2.05. The van der Waals surface area contributed by atoms with Crippen LogP contribution in [0.3, 0.4) is 0 Å². The lowest BCUT2D eigenvalue weighted by Gasteiger charge is -2.32. The molecule has 1 atom stereocenters. The number of rotatable bonds is 3. The van der Waals surface area contributed by atoms with Gasteiger partial charge in [-0.2, -0.15) is 0 Å². The standard InChI is InChI=1S/C15H20N4O2/c1-3-21-15(20)11-5-4-6-19(8-11)14-12-7-10(2)18-13(12)16-9-17-14/h7,9,11H,3-6,8H2,1-2H3,(H,16,17,18). The van der Waals surface area contributed by atoms with Crippen LogP contribution in [0.15, 0.2) is 12.4 Å². The van der Waals surface area contributed by atoms with Gasteiger partial charge in [-0.15, -0.1) is 0 Å². The largest absolute Gasteiger partial charge is 0.466 e. The molecule has 0 aromatic carbocycles. The van der Waals surface area contributed by atoms with Crippen LogP contribution in [0.4, 0.5) is 5.82 Å². The van der Waals surface area contributed by atoms with Crippen LogP contribution in [-0.2, 0) is 9.53 Å². The summed E-state index contributed by atoms with van der Waals surface area (Å²) in [6.45, 7) is 5.85. The van der Waals surface area contributed by atoms with E-state index in [2.05, 4.69) is 25.9 Å². The Bertz CT molecular complexity index is 652. The Balaban J connectivity index is 1.86. The maximum Gasteiger partial charge on any atom is 0.310 e. The van der Waals surface area contributed by atoms with Crippen molar-refractivity contribution >= 4 is 22.8 Å². The van der Waals surface area contributed by atoms with Crippen molar-refractivity contribution in [2.75, 3.05) is 24.6 Å². The predicted octanol–water partition coefficient (Wildman–Crippen LogP) is 2.05. The Morgan fingerprint density at radius 2 is 2.38 bits per heavy atom. The van der Waals surface area contributed by atoms with Crippen molar-refractivity contribution in [3.05, 3.63) is 18.1 Å². The van der Waals surface area contributed by atoms with Crippen molar-refractivity contribution in [2.24, 2.45) is 5.92 Å². The van der Waals surface area contributed by atoms with Gasteiger partial charge >= 0.3 is 5.97 Å². The molecule has 0 radical (unpaired) electrons. The second kappa shape index (κ2) is 5.71. The van der Waals surface area contributed by atoms with Gasteiger partial charge in [-0.05, 0) is 32.8 Å². The molecule has 1 N–H and O–H groups in total. The van der Waals surface area contributed by atoms with Gasteiger partial charge in [0.05, 0.1) is 17.9 Å². The zero-order valence-corrected chi connectivity index (χ0v) is 12.4. The molecular formula is C15H20N4O2. The number of aromatic nitrogens is 3. The fourth-order valence-corrected chi connectivity index (χ4v) is 2.93. The fraction of sp³-hybridized carbons (Fsp3) is 0.533. The molecule has 1 aliphatic heterocycles. The second-order valence-electron chi connectivity index (χ2n) is 5.45. The van der Waals surface area contributed by atoms with Crippen molar-refractivity contribution < 1.29 is 9.53 Å². The van der Waals surface area contributed by atoms with E-state index in [4.69, 9.17) is 4.74 Å². The molecule has 0 bridgehead atoms. The van der Waals surface area contributed by atoms with E-state index in [0.717, 1.165) is 41.9 Å². The molecule has 0 amide bonds. The van der Waals surface area contributed by atoms with E-state index in [1.807, 2.05) is 13.8 Å². The maximum atomic E-state index is 12.0. The number of anilines is 1. The average Bonchev–Trinajstić information content (AvgIpc) is 2.87. The summed E-state index contributed by atoms with van der Waals surface area (Å²) in [4.78, 5) is 26.0. The molecule has 1 aliphatic rings. The lowest BCUT2D eigenvalue weighted by Crippen LogP contribution is -2.40. The zero-order valence-electron chi connectivity index (χ0n) is 12.4. The number of nitrogens with one attached hydrogen (secondary N) is 1. The van der Waals surface area contributed by atoms with Gasteiger partial charge in [-0.25, -0.2) is 9.97 Å². The van der Waals surface area contributed by atoms with E-state index < -0.39 is 0 Å². The highest BCUT2D eigenvalue weighted by Gasteiger charge is 2.28. The van der Waals surface area contributed by atoms with Crippen LogP contribution in [0.25, 0.3) is 11.0 Å². The number of carbonyl (C=O) groups is 1. The third-order valence-corrected chi connectivity index (χ3v) is 3.88. The summed E-state index contributed by atoms with van der Waals surface area (Å²) in [7, 11) is 0. The monoisotopic (exact) mass is 288 g/mol. The molecular weight excluding hydrogens is 268 g/mol. The van der Waals surface area contributed by atoms with Gasteiger partial charge < -0.3 is 14.6 Å². The first kappa shape index (κ1) is 13.9. The number of nitrogens with zero attached hydrogens (tertiary/aromatic N) is 3. The lowest BCUT2D eigenvalue weighted by atomic mass is 9.98. The van der Waals surface area contributed by atoms with Gasteiger partial charge in [0.2, 0.25) is 0 Å². The molecule has 0 saturated carbocycles. The smallest absolute Gasteiger partial charge is 0.310 e. The second-order valence-corrected chi connectivity index (χ2v) is 5.45. The topological polar surface area (TPSA) is 71.1 Å². The Morgan fingerprint density at radius 1 is 1.52 bits per heavy atom. The molecule has 112 valence electrons. The molecule has 2 aromatic rings.